The van der Waals surface area contributed by atoms with E-state index in [1.807, 2.05) is 6.92 Å². The molecule has 2 aromatic carbocycles. The maximum atomic E-state index is 14.7. The molecule has 186 valence electrons. The van der Waals surface area contributed by atoms with E-state index in [1.165, 1.54) is 28.4 Å². The van der Waals surface area contributed by atoms with Crippen molar-refractivity contribution in [3.63, 3.8) is 0 Å². The quantitative estimate of drug-likeness (QED) is 0.350. The minimum Gasteiger partial charge on any atom is -0.496 e. The molecule has 0 heterocycles. The zero-order valence-corrected chi connectivity index (χ0v) is 22.2. The molecule has 2 rings (SSSR count). The molecule has 1 unspecified atom stereocenters. The Hall–Kier alpha value is -2.79. The fourth-order valence-electron chi connectivity index (χ4n) is 4.29. The zero-order valence-electron chi connectivity index (χ0n) is 21.3. The van der Waals surface area contributed by atoms with Crippen LogP contribution in [0.3, 0.4) is 0 Å². The average molecular weight is 491 g/mol. The van der Waals surface area contributed by atoms with Gasteiger partial charge in [0, 0.05) is 6.16 Å². The van der Waals surface area contributed by atoms with E-state index in [4.69, 9.17) is 18.9 Å². The van der Waals surface area contributed by atoms with Crippen molar-refractivity contribution in [3.8, 4) is 23.0 Å². The van der Waals surface area contributed by atoms with Gasteiger partial charge in [0.25, 0.3) is 0 Å². The molecule has 0 amide bonds. The molecule has 0 spiro atoms. The molecule has 0 radical (unpaired) electrons. The van der Waals surface area contributed by atoms with Crippen molar-refractivity contribution in [1.29, 1.82) is 0 Å². The molecule has 2 aromatic rings. The first-order chi connectivity index (χ1) is 15.9. The monoisotopic (exact) mass is 490 g/mol. The molecular weight excluding hydrogens is 455 g/mol. The summed E-state index contributed by atoms with van der Waals surface area (Å²) in [5.41, 5.74) is -1.72. The molecule has 0 N–H and O–H groups in total. The van der Waals surface area contributed by atoms with E-state index in [0.717, 1.165) is 0 Å². The number of hydrogen-bond acceptors (Lipinski definition) is 7. The predicted molar refractivity (Wildman–Crippen MR) is 133 cm³/mol. The second-order valence-corrected chi connectivity index (χ2v) is 12.1. The highest BCUT2D eigenvalue weighted by atomic mass is 31.2. The van der Waals surface area contributed by atoms with Crippen LogP contribution in [-0.2, 0) is 4.57 Å². The highest BCUT2D eigenvalue weighted by Crippen LogP contribution is 2.58. The maximum absolute atomic E-state index is 14.7. The van der Waals surface area contributed by atoms with E-state index >= 15 is 0 Å². The zero-order chi connectivity index (χ0) is 25.7. The number of hydrogen-bond donors (Lipinski definition) is 0. The Morgan fingerprint density at radius 1 is 0.765 bits per heavy atom. The summed E-state index contributed by atoms with van der Waals surface area (Å²) in [4.78, 5) is 28.0. The van der Waals surface area contributed by atoms with Gasteiger partial charge in [-0.15, -0.1) is 0 Å². The normalized spacial score (nSPS) is 12.6. The van der Waals surface area contributed by atoms with Gasteiger partial charge < -0.3 is 23.5 Å². The molecule has 34 heavy (non-hydrogen) atoms. The van der Waals surface area contributed by atoms with Gasteiger partial charge in [0.1, 0.15) is 34.1 Å². The number of methoxy groups -OCH3 is 4. The van der Waals surface area contributed by atoms with Crippen molar-refractivity contribution in [3.05, 3.63) is 47.5 Å². The van der Waals surface area contributed by atoms with Gasteiger partial charge in [-0.1, -0.05) is 39.8 Å². The summed E-state index contributed by atoms with van der Waals surface area (Å²) in [6.45, 7) is 8.08. The topological polar surface area (TPSA) is 88.1 Å². The van der Waals surface area contributed by atoms with Crippen LogP contribution in [0.1, 0.15) is 54.8 Å². The molecule has 0 aliphatic carbocycles. The van der Waals surface area contributed by atoms with E-state index in [0.29, 0.717) is 6.42 Å². The van der Waals surface area contributed by atoms with Gasteiger partial charge >= 0.3 is 0 Å². The molecule has 0 bridgehead atoms. The number of benzene rings is 2. The Morgan fingerprint density at radius 2 is 1.09 bits per heavy atom. The molecule has 1 atom stereocenters. The van der Waals surface area contributed by atoms with Gasteiger partial charge in [-0.25, -0.2) is 0 Å². The molecule has 0 fully saturated rings. The number of carbonyl (C=O) groups excluding carboxylic acids is 2. The summed E-state index contributed by atoms with van der Waals surface area (Å²) >= 11 is 0. The molecule has 8 heteroatoms. The van der Waals surface area contributed by atoms with Gasteiger partial charge in [0.05, 0.1) is 28.4 Å². The molecular formula is C26H35O7P. The lowest BCUT2D eigenvalue weighted by atomic mass is 9.86. The van der Waals surface area contributed by atoms with Crippen LogP contribution >= 0.6 is 7.14 Å². The van der Waals surface area contributed by atoms with Gasteiger partial charge in [-0.2, -0.15) is 0 Å². The van der Waals surface area contributed by atoms with Crippen molar-refractivity contribution in [2.45, 2.75) is 34.1 Å². The Kier molecular flexibility index (Phi) is 8.96. The summed E-state index contributed by atoms with van der Waals surface area (Å²) in [6.07, 6.45) is 0.564. The van der Waals surface area contributed by atoms with Gasteiger partial charge in [-0.05, 0) is 42.0 Å². The van der Waals surface area contributed by atoms with E-state index in [9.17, 15) is 14.2 Å². The number of rotatable bonds is 11. The van der Waals surface area contributed by atoms with E-state index in [2.05, 4.69) is 20.8 Å². The summed E-state index contributed by atoms with van der Waals surface area (Å²) in [5, 5.41) is 0. The third kappa shape index (κ3) is 5.82. The maximum Gasteiger partial charge on any atom is 0.236 e. The van der Waals surface area contributed by atoms with Crippen molar-refractivity contribution >= 4 is 18.2 Å². The number of ether oxygens (including phenoxy) is 4. The largest absolute Gasteiger partial charge is 0.496 e. The smallest absolute Gasteiger partial charge is 0.236 e. The minimum absolute atomic E-state index is 0.0130. The average Bonchev–Trinajstić information content (AvgIpc) is 2.80. The molecule has 0 aliphatic rings. The van der Waals surface area contributed by atoms with Gasteiger partial charge in [-0.3, -0.25) is 9.59 Å². The second kappa shape index (κ2) is 11.1. The summed E-state index contributed by atoms with van der Waals surface area (Å²) in [6, 6.07) is 9.62. The van der Waals surface area contributed by atoms with Crippen LogP contribution < -0.4 is 18.9 Å². The number of carbonyl (C=O) groups is 2. The van der Waals surface area contributed by atoms with Crippen LogP contribution in [0.2, 0.25) is 0 Å². The van der Waals surface area contributed by atoms with E-state index in [-0.39, 0.29) is 51.6 Å². The van der Waals surface area contributed by atoms with Crippen molar-refractivity contribution in [2.24, 2.45) is 11.3 Å². The second-order valence-electron chi connectivity index (χ2n) is 9.48. The standard InChI is InChI=1S/C26H35O7P/c1-17(15-26(2,3)4)16-34(29,24(27)22-18(30-5)11-9-12-19(22)31-6)25(28)23-20(32-7)13-10-14-21(23)33-8/h9-14,17H,15-16H2,1-8H3. The van der Waals surface area contributed by atoms with Crippen molar-refractivity contribution in [1.82, 2.24) is 0 Å². The van der Waals surface area contributed by atoms with Gasteiger partial charge in [0.15, 0.2) is 0 Å². The Labute approximate surface area is 202 Å². The SMILES string of the molecule is COc1cccc(OC)c1C(=O)P(=O)(CC(C)CC(C)(C)C)C(=O)c1c(OC)cccc1OC. The van der Waals surface area contributed by atoms with Crippen LogP contribution in [-0.4, -0.2) is 45.6 Å². The first kappa shape index (κ1) is 27.5. The molecule has 0 saturated carbocycles. The summed E-state index contributed by atoms with van der Waals surface area (Å²) in [7, 11) is 1.38. The van der Waals surface area contributed by atoms with Gasteiger partial charge in [0.2, 0.25) is 18.2 Å². The summed E-state index contributed by atoms with van der Waals surface area (Å²) < 4.78 is 36.2. The van der Waals surface area contributed by atoms with E-state index in [1.54, 1.807) is 36.4 Å². The highest BCUT2D eigenvalue weighted by Gasteiger charge is 2.46. The molecule has 7 nitrogen and oxygen atoms in total. The fourth-order valence-corrected chi connectivity index (χ4v) is 6.98. The lowest BCUT2D eigenvalue weighted by molar-refractivity contribution is 0.103. The Balaban J connectivity index is 2.77. The third-order valence-electron chi connectivity index (χ3n) is 5.47. The first-order valence-electron chi connectivity index (χ1n) is 11.0. The van der Waals surface area contributed by atoms with Crippen LogP contribution in [0.4, 0.5) is 0 Å². The third-order valence-corrected chi connectivity index (χ3v) is 8.37. The molecule has 0 aliphatic heterocycles. The van der Waals surface area contributed by atoms with Crippen LogP contribution in [0.25, 0.3) is 0 Å². The lowest BCUT2D eigenvalue weighted by Gasteiger charge is -2.27. The minimum atomic E-state index is -4.25. The Bertz CT molecular complexity index is 969. The summed E-state index contributed by atoms with van der Waals surface area (Å²) in [5.74, 6) is 0.571. The first-order valence-corrected chi connectivity index (χ1v) is 12.9. The lowest BCUT2D eigenvalue weighted by Crippen LogP contribution is -2.21. The predicted octanol–water partition coefficient (Wildman–Crippen LogP) is 6.14. The van der Waals surface area contributed by atoms with Crippen LogP contribution in [0.15, 0.2) is 36.4 Å². The van der Waals surface area contributed by atoms with E-state index < -0.39 is 18.2 Å². The molecule has 0 saturated heterocycles. The fraction of sp³-hybridized carbons (Fsp3) is 0.462. The highest BCUT2D eigenvalue weighted by molar-refractivity contribution is 7.95. The van der Waals surface area contributed by atoms with Crippen LogP contribution in [0.5, 0.6) is 23.0 Å². The molecule has 0 aromatic heterocycles. The van der Waals surface area contributed by atoms with Crippen LogP contribution in [0, 0.1) is 11.3 Å². The van der Waals surface area contributed by atoms with Crippen molar-refractivity contribution < 1.29 is 33.1 Å². The Morgan fingerprint density at radius 3 is 1.35 bits per heavy atom. The van der Waals surface area contributed by atoms with Crippen molar-refractivity contribution in [2.75, 3.05) is 34.6 Å².